The SMILES string of the molecule is Cc1ccc(C)c(OCC(=O)NC(CF)C(=O)O)c1. The van der Waals surface area contributed by atoms with Crippen LogP contribution in [0, 0.1) is 13.8 Å². The summed E-state index contributed by atoms with van der Waals surface area (Å²) < 4.78 is 17.6. The van der Waals surface area contributed by atoms with Gasteiger partial charge in [-0.1, -0.05) is 12.1 Å². The normalized spacial score (nSPS) is 11.7. The number of amides is 1. The van der Waals surface area contributed by atoms with Crippen LogP contribution in [0.4, 0.5) is 4.39 Å². The lowest BCUT2D eigenvalue weighted by atomic mass is 10.1. The summed E-state index contributed by atoms with van der Waals surface area (Å²) >= 11 is 0. The number of nitrogens with one attached hydrogen (secondary N) is 1. The summed E-state index contributed by atoms with van der Waals surface area (Å²) in [5.41, 5.74) is 1.84. The Kier molecular flexibility index (Phi) is 5.29. The van der Waals surface area contributed by atoms with Crippen LogP contribution in [0.1, 0.15) is 11.1 Å². The van der Waals surface area contributed by atoms with Crippen molar-refractivity contribution in [2.45, 2.75) is 19.9 Å². The van der Waals surface area contributed by atoms with Crippen LogP contribution in [0.3, 0.4) is 0 Å². The molecule has 6 heteroatoms. The van der Waals surface area contributed by atoms with E-state index < -0.39 is 24.6 Å². The first kappa shape index (κ1) is 14.9. The Morgan fingerprint density at radius 2 is 2.11 bits per heavy atom. The summed E-state index contributed by atoms with van der Waals surface area (Å²) in [7, 11) is 0. The van der Waals surface area contributed by atoms with Gasteiger partial charge in [0, 0.05) is 0 Å². The molecule has 0 aromatic heterocycles. The van der Waals surface area contributed by atoms with E-state index in [1.165, 1.54) is 0 Å². The molecule has 1 aromatic rings. The van der Waals surface area contributed by atoms with Gasteiger partial charge in [-0.15, -0.1) is 0 Å². The fraction of sp³-hybridized carbons (Fsp3) is 0.385. The van der Waals surface area contributed by atoms with Crippen molar-refractivity contribution in [3.8, 4) is 5.75 Å². The van der Waals surface area contributed by atoms with Crippen molar-refractivity contribution >= 4 is 11.9 Å². The largest absolute Gasteiger partial charge is 0.483 e. The standard InChI is InChI=1S/C13H16FNO4/c1-8-3-4-9(2)11(5-8)19-7-12(16)15-10(6-14)13(17)18/h3-5,10H,6-7H2,1-2H3,(H,15,16)(H,17,18). The van der Waals surface area contributed by atoms with Crippen molar-refractivity contribution in [2.24, 2.45) is 0 Å². The molecule has 0 aliphatic rings. The third kappa shape index (κ3) is 4.57. The quantitative estimate of drug-likeness (QED) is 0.814. The van der Waals surface area contributed by atoms with Gasteiger partial charge in [-0.3, -0.25) is 4.79 Å². The minimum atomic E-state index is -1.53. The lowest BCUT2D eigenvalue weighted by Gasteiger charge is -2.12. The number of alkyl halides is 1. The van der Waals surface area contributed by atoms with E-state index in [0.717, 1.165) is 11.1 Å². The Morgan fingerprint density at radius 1 is 1.42 bits per heavy atom. The van der Waals surface area contributed by atoms with Crippen LogP contribution in [-0.2, 0) is 9.59 Å². The third-order valence-electron chi connectivity index (χ3n) is 2.49. The molecule has 0 bridgehead atoms. The number of aliphatic carboxylic acids is 1. The molecule has 0 aliphatic carbocycles. The summed E-state index contributed by atoms with van der Waals surface area (Å²) in [6, 6.07) is 4.00. The molecular formula is C13H16FNO4. The first-order valence-corrected chi connectivity index (χ1v) is 5.72. The van der Waals surface area contributed by atoms with E-state index in [1.807, 2.05) is 31.3 Å². The van der Waals surface area contributed by atoms with Crippen LogP contribution < -0.4 is 10.1 Å². The van der Waals surface area contributed by atoms with E-state index in [2.05, 4.69) is 0 Å². The number of carboxylic acid groups (broad SMARTS) is 1. The van der Waals surface area contributed by atoms with E-state index in [-0.39, 0.29) is 6.61 Å². The highest BCUT2D eigenvalue weighted by molar-refractivity contribution is 5.84. The predicted octanol–water partition coefficient (Wildman–Crippen LogP) is 1.22. The van der Waals surface area contributed by atoms with Gasteiger partial charge in [-0.25, -0.2) is 9.18 Å². The van der Waals surface area contributed by atoms with Crippen LogP contribution in [0.15, 0.2) is 18.2 Å². The van der Waals surface area contributed by atoms with Crippen LogP contribution >= 0.6 is 0 Å². The predicted molar refractivity (Wildman–Crippen MR) is 67.0 cm³/mol. The highest BCUT2D eigenvalue weighted by Crippen LogP contribution is 2.18. The van der Waals surface area contributed by atoms with Crippen molar-refractivity contribution < 1.29 is 23.8 Å². The summed E-state index contributed by atoms with van der Waals surface area (Å²) in [5.74, 6) is -1.55. The van der Waals surface area contributed by atoms with Gasteiger partial charge in [-0.2, -0.15) is 0 Å². The van der Waals surface area contributed by atoms with E-state index in [1.54, 1.807) is 6.07 Å². The molecule has 0 heterocycles. The maximum Gasteiger partial charge on any atom is 0.328 e. The number of carboxylic acids is 1. The molecule has 0 saturated heterocycles. The molecule has 1 atom stereocenters. The molecule has 19 heavy (non-hydrogen) atoms. The van der Waals surface area contributed by atoms with Crippen LogP contribution in [0.25, 0.3) is 0 Å². The zero-order chi connectivity index (χ0) is 14.4. The van der Waals surface area contributed by atoms with Gasteiger partial charge in [0.05, 0.1) is 0 Å². The molecule has 1 unspecified atom stereocenters. The molecule has 0 radical (unpaired) electrons. The highest BCUT2D eigenvalue weighted by Gasteiger charge is 2.19. The van der Waals surface area contributed by atoms with E-state index in [9.17, 15) is 14.0 Å². The lowest BCUT2D eigenvalue weighted by molar-refractivity contribution is -0.142. The summed E-state index contributed by atoms with van der Waals surface area (Å²) in [6.07, 6.45) is 0. The first-order chi connectivity index (χ1) is 8.93. The Hall–Kier alpha value is -2.11. The van der Waals surface area contributed by atoms with Gasteiger partial charge in [-0.05, 0) is 31.0 Å². The Morgan fingerprint density at radius 3 is 2.68 bits per heavy atom. The topological polar surface area (TPSA) is 75.6 Å². The molecule has 1 aromatic carbocycles. The van der Waals surface area contributed by atoms with Gasteiger partial charge in [0.1, 0.15) is 12.4 Å². The minimum Gasteiger partial charge on any atom is -0.483 e. The zero-order valence-corrected chi connectivity index (χ0v) is 10.8. The molecule has 0 fully saturated rings. The summed E-state index contributed by atoms with van der Waals surface area (Å²) in [6.45, 7) is 2.20. The van der Waals surface area contributed by atoms with Gasteiger partial charge >= 0.3 is 5.97 Å². The smallest absolute Gasteiger partial charge is 0.328 e. The lowest BCUT2D eigenvalue weighted by Crippen LogP contribution is -2.44. The van der Waals surface area contributed by atoms with Crippen molar-refractivity contribution in [3.05, 3.63) is 29.3 Å². The maximum absolute atomic E-state index is 12.3. The van der Waals surface area contributed by atoms with Gasteiger partial charge in [0.2, 0.25) is 0 Å². The average molecular weight is 269 g/mol. The van der Waals surface area contributed by atoms with Crippen LogP contribution in [-0.4, -0.2) is 36.3 Å². The number of ether oxygens (including phenoxy) is 1. The maximum atomic E-state index is 12.3. The van der Waals surface area contributed by atoms with Gasteiger partial charge in [0.15, 0.2) is 12.6 Å². The number of halogens is 1. The Bertz CT molecular complexity index is 476. The molecule has 1 rings (SSSR count). The monoisotopic (exact) mass is 269 g/mol. The molecule has 0 saturated carbocycles. The van der Waals surface area contributed by atoms with Crippen LogP contribution in [0.5, 0.6) is 5.75 Å². The number of aryl methyl sites for hydroxylation is 2. The molecular weight excluding hydrogens is 253 g/mol. The van der Waals surface area contributed by atoms with Crippen LogP contribution in [0.2, 0.25) is 0 Å². The van der Waals surface area contributed by atoms with Crippen molar-refractivity contribution in [2.75, 3.05) is 13.3 Å². The number of rotatable bonds is 6. The number of carbonyl (C=O) groups is 2. The Labute approximate surface area is 110 Å². The fourth-order valence-corrected chi connectivity index (χ4v) is 1.41. The highest BCUT2D eigenvalue weighted by atomic mass is 19.1. The number of benzene rings is 1. The minimum absolute atomic E-state index is 0.353. The fourth-order valence-electron chi connectivity index (χ4n) is 1.41. The molecule has 0 spiro atoms. The molecule has 0 aliphatic heterocycles. The number of hydrogen-bond donors (Lipinski definition) is 2. The van der Waals surface area contributed by atoms with E-state index >= 15 is 0 Å². The third-order valence-corrected chi connectivity index (χ3v) is 2.49. The zero-order valence-electron chi connectivity index (χ0n) is 10.8. The average Bonchev–Trinajstić information content (AvgIpc) is 2.36. The second-order valence-corrected chi connectivity index (χ2v) is 4.17. The first-order valence-electron chi connectivity index (χ1n) is 5.72. The second-order valence-electron chi connectivity index (χ2n) is 4.17. The molecule has 5 nitrogen and oxygen atoms in total. The van der Waals surface area contributed by atoms with E-state index in [4.69, 9.17) is 9.84 Å². The molecule has 1 amide bonds. The van der Waals surface area contributed by atoms with Gasteiger partial charge < -0.3 is 15.2 Å². The van der Waals surface area contributed by atoms with E-state index in [0.29, 0.717) is 5.75 Å². The van der Waals surface area contributed by atoms with Crippen molar-refractivity contribution in [3.63, 3.8) is 0 Å². The van der Waals surface area contributed by atoms with Crippen molar-refractivity contribution in [1.82, 2.24) is 5.32 Å². The summed E-state index contributed by atoms with van der Waals surface area (Å²) in [5, 5.41) is 10.6. The molecule has 2 N–H and O–H groups in total. The second kappa shape index (κ2) is 6.72. The number of carbonyl (C=O) groups excluding carboxylic acids is 1. The van der Waals surface area contributed by atoms with Crippen molar-refractivity contribution in [1.29, 1.82) is 0 Å². The van der Waals surface area contributed by atoms with Gasteiger partial charge in [0.25, 0.3) is 5.91 Å². The molecule has 104 valence electrons. The Balaban J connectivity index is 2.54. The summed E-state index contributed by atoms with van der Waals surface area (Å²) in [4.78, 5) is 22.0. The number of hydrogen-bond acceptors (Lipinski definition) is 3.